The SMILES string of the molecule is COCCOCn1ccnc1C1CCN(C(=O)CON=C(C)c2cccs2)CC1. The quantitative estimate of drug-likeness (QED) is 0.336. The molecule has 2 aromatic rings. The first-order valence-electron chi connectivity index (χ1n) is 9.75. The molecule has 1 amide bonds. The van der Waals surface area contributed by atoms with Gasteiger partial charge < -0.3 is 23.8 Å². The van der Waals surface area contributed by atoms with E-state index < -0.39 is 0 Å². The van der Waals surface area contributed by atoms with E-state index in [0.717, 1.165) is 29.3 Å². The van der Waals surface area contributed by atoms with Gasteiger partial charge in [0.1, 0.15) is 12.6 Å². The minimum absolute atomic E-state index is 0.0302. The van der Waals surface area contributed by atoms with Gasteiger partial charge in [-0.1, -0.05) is 11.2 Å². The number of piperidine rings is 1. The van der Waals surface area contributed by atoms with Gasteiger partial charge >= 0.3 is 0 Å². The lowest BCUT2D eigenvalue weighted by Gasteiger charge is -2.31. The zero-order chi connectivity index (χ0) is 20.5. The van der Waals surface area contributed by atoms with Crippen molar-refractivity contribution in [1.29, 1.82) is 0 Å². The molecule has 3 rings (SSSR count). The Morgan fingerprint density at radius 1 is 1.34 bits per heavy atom. The molecule has 1 fully saturated rings. The van der Waals surface area contributed by atoms with E-state index in [1.165, 1.54) is 0 Å². The average Bonchev–Trinajstić information content (AvgIpc) is 3.43. The van der Waals surface area contributed by atoms with Gasteiger partial charge in [-0.25, -0.2) is 4.98 Å². The second-order valence-electron chi connectivity index (χ2n) is 6.87. The van der Waals surface area contributed by atoms with Crippen LogP contribution in [0.3, 0.4) is 0 Å². The summed E-state index contributed by atoms with van der Waals surface area (Å²) in [6, 6.07) is 3.94. The lowest BCUT2D eigenvalue weighted by Crippen LogP contribution is -2.40. The zero-order valence-electron chi connectivity index (χ0n) is 17.0. The number of methoxy groups -OCH3 is 1. The first-order valence-corrected chi connectivity index (χ1v) is 10.6. The second kappa shape index (κ2) is 11.1. The van der Waals surface area contributed by atoms with Crippen molar-refractivity contribution in [3.63, 3.8) is 0 Å². The monoisotopic (exact) mass is 420 g/mol. The molecule has 29 heavy (non-hydrogen) atoms. The number of nitrogens with zero attached hydrogens (tertiary/aromatic N) is 4. The number of imidazole rings is 1. The van der Waals surface area contributed by atoms with E-state index in [0.29, 0.717) is 39.0 Å². The Bertz CT molecular complexity index is 782. The molecule has 0 bridgehead atoms. The van der Waals surface area contributed by atoms with E-state index in [2.05, 4.69) is 10.1 Å². The smallest absolute Gasteiger partial charge is 0.263 e. The highest BCUT2D eigenvalue weighted by molar-refractivity contribution is 7.12. The van der Waals surface area contributed by atoms with Crippen molar-refractivity contribution in [2.75, 3.05) is 40.0 Å². The number of rotatable bonds is 10. The van der Waals surface area contributed by atoms with Crippen molar-refractivity contribution in [1.82, 2.24) is 14.5 Å². The van der Waals surface area contributed by atoms with E-state index in [-0.39, 0.29) is 12.5 Å². The number of amides is 1. The Labute approximate surface area is 175 Å². The van der Waals surface area contributed by atoms with Crippen molar-refractivity contribution in [3.8, 4) is 0 Å². The van der Waals surface area contributed by atoms with E-state index in [9.17, 15) is 4.79 Å². The molecule has 0 atom stereocenters. The van der Waals surface area contributed by atoms with Crippen molar-refractivity contribution >= 4 is 23.0 Å². The number of hydrogen-bond donors (Lipinski definition) is 0. The lowest BCUT2D eigenvalue weighted by atomic mass is 9.96. The molecule has 0 unspecified atom stereocenters. The highest BCUT2D eigenvalue weighted by atomic mass is 32.1. The molecule has 8 nitrogen and oxygen atoms in total. The summed E-state index contributed by atoms with van der Waals surface area (Å²) in [5.74, 6) is 1.31. The highest BCUT2D eigenvalue weighted by Gasteiger charge is 2.26. The molecule has 0 saturated carbocycles. The fraction of sp³-hybridized carbons (Fsp3) is 0.550. The molecule has 0 N–H and O–H groups in total. The molecule has 9 heteroatoms. The van der Waals surface area contributed by atoms with Gasteiger partial charge in [0.05, 0.1) is 23.8 Å². The fourth-order valence-corrected chi connectivity index (χ4v) is 3.96. The molecule has 158 valence electrons. The van der Waals surface area contributed by atoms with Crippen molar-refractivity contribution in [3.05, 3.63) is 40.6 Å². The second-order valence-corrected chi connectivity index (χ2v) is 7.82. The van der Waals surface area contributed by atoms with Crippen LogP contribution in [0, 0.1) is 0 Å². The summed E-state index contributed by atoms with van der Waals surface area (Å²) in [4.78, 5) is 25.1. The van der Waals surface area contributed by atoms with Gasteiger partial charge in [0.25, 0.3) is 5.91 Å². The average molecular weight is 421 g/mol. The normalized spacial score (nSPS) is 15.7. The standard InChI is InChI=1S/C20H28N4O4S/c1-16(18-4-3-13-29-18)22-28-14-19(25)23-8-5-17(6-9-23)20-21-7-10-24(20)15-27-12-11-26-2/h3-4,7,10,13,17H,5-6,8-9,11-12,14-15H2,1-2H3. The number of thiophene rings is 1. The van der Waals surface area contributed by atoms with Gasteiger partial charge in [-0.2, -0.15) is 0 Å². The first kappa shape index (κ1) is 21.5. The van der Waals surface area contributed by atoms with Gasteiger partial charge in [0.2, 0.25) is 0 Å². The number of likely N-dealkylation sites (tertiary alicyclic amines) is 1. The van der Waals surface area contributed by atoms with E-state index in [4.69, 9.17) is 14.3 Å². The van der Waals surface area contributed by atoms with Crippen LogP contribution in [0.15, 0.2) is 35.1 Å². The molecule has 1 saturated heterocycles. The van der Waals surface area contributed by atoms with Crippen LogP contribution in [0.1, 0.15) is 36.4 Å². The van der Waals surface area contributed by atoms with Crippen molar-refractivity contribution in [2.24, 2.45) is 5.16 Å². The number of ether oxygens (including phenoxy) is 2. The third kappa shape index (κ3) is 6.12. The first-order chi connectivity index (χ1) is 14.2. The molecule has 0 aliphatic carbocycles. The number of carbonyl (C=O) groups excluding carboxylic acids is 1. The molecule has 0 radical (unpaired) electrons. The van der Waals surface area contributed by atoms with Crippen LogP contribution in [0.2, 0.25) is 0 Å². The summed E-state index contributed by atoms with van der Waals surface area (Å²) in [6.45, 7) is 4.82. The van der Waals surface area contributed by atoms with Crippen molar-refractivity contribution < 1.29 is 19.1 Å². The summed E-state index contributed by atoms with van der Waals surface area (Å²) >= 11 is 1.60. The summed E-state index contributed by atoms with van der Waals surface area (Å²) in [6.07, 6.45) is 5.48. The maximum Gasteiger partial charge on any atom is 0.263 e. The predicted molar refractivity (Wildman–Crippen MR) is 111 cm³/mol. The van der Waals surface area contributed by atoms with Gasteiger partial charge in [-0.15, -0.1) is 11.3 Å². The predicted octanol–water partition coefficient (Wildman–Crippen LogP) is 2.71. The highest BCUT2D eigenvalue weighted by Crippen LogP contribution is 2.27. The Hall–Kier alpha value is -2.23. The summed E-state index contributed by atoms with van der Waals surface area (Å²) in [5.41, 5.74) is 0.783. The van der Waals surface area contributed by atoms with Gasteiger partial charge in [0, 0.05) is 38.5 Å². The van der Waals surface area contributed by atoms with Crippen LogP contribution >= 0.6 is 11.3 Å². The third-order valence-corrected chi connectivity index (χ3v) is 5.87. The molecular weight excluding hydrogens is 392 g/mol. The van der Waals surface area contributed by atoms with Crippen LogP contribution < -0.4 is 0 Å². The van der Waals surface area contributed by atoms with Crippen LogP contribution in [-0.2, 0) is 25.8 Å². The molecule has 1 aliphatic rings. The largest absolute Gasteiger partial charge is 0.385 e. The molecule has 1 aliphatic heterocycles. The number of carbonyl (C=O) groups is 1. The van der Waals surface area contributed by atoms with E-state index in [1.807, 2.05) is 40.1 Å². The molecule has 2 aromatic heterocycles. The molecular formula is C20H28N4O4S. The van der Waals surface area contributed by atoms with Crippen molar-refractivity contribution in [2.45, 2.75) is 32.4 Å². The van der Waals surface area contributed by atoms with Gasteiger partial charge in [-0.3, -0.25) is 4.79 Å². The van der Waals surface area contributed by atoms with E-state index in [1.54, 1.807) is 24.6 Å². The lowest BCUT2D eigenvalue weighted by molar-refractivity contribution is -0.137. The Morgan fingerprint density at radius 3 is 2.90 bits per heavy atom. The topological polar surface area (TPSA) is 78.2 Å². The van der Waals surface area contributed by atoms with Crippen LogP contribution in [0.5, 0.6) is 0 Å². The molecule has 0 aromatic carbocycles. The fourth-order valence-electron chi connectivity index (χ4n) is 3.29. The summed E-state index contributed by atoms with van der Waals surface area (Å²) in [7, 11) is 1.66. The Balaban J connectivity index is 1.43. The zero-order valence-corrected chi connectivity index (χ0v) is 17.8. The van der Waals surface area contributed by atoms with Gasteiger partial charge in [0.15, 0.2) is 6.61 Å². The maximum absolute atomic E-state index is 12.4. The minimum Gasteiger partial charge on any atom is -0.385 e. The minimum atomic E-state index is -0.0324. The van der Waals surface area contributed by atoms with Crippen LogP contribution in [0.4, 0.5) is 0 Å². The number of aromatic nitrogens is 2. The number of oxime groups is 1. The van der Waals surface area contributed by atoms with Crippen LogP contribution in [-0.4, -0.2) is 66.1 Å². The third-order valence-electron chi connectivity index (χ3n) is 4.89. The van der Waals surface area contributed by atoms with Gasteiger partial charge in [-0.05, 0) is 31.2 Å². The molecule has 3 heterocycles. The summed E-state index contributed by atoms with van der Waals surface area (Å²) < 4.78 is 12.6. The Morgan fingerprint density at radius 2 is 2.17 bits per heavy atom. The summed E-state index contributed by atoms with van der Waals surface area (Å²) in [5, 5.41) is 6.04. The van der Waals surface area contributed by atoms with Crippen LogP contribution in [0.25, 0.3) is 0 Å². The molecule has 0 spiro atoms. The number of hydrogen-bond acceptors (Lipinski definition) is 7. The maximum atomic E-state index is 12.4. The van der Waals surface area contributed by atoms with E-state index >= 15 is 0 Å². The Kier molecular flexibility index (Phi) is 8.21.